The first kappa shape index (κ1) is 14.5. The Labute approximate surface area is 117 Å². The van der Waals surface area contributed by atoms with Gasteiger partial charge in [-0.25, -0.2) is 0 Å². The fourth-order valence-corrected chi connectivity index (χ4v) is 3.31. The summed E-state index contributed by atoms with van der Waals surface area (Å²) in [5.41, 5.74) is 1.36. The Bertz CT molecular complexity index is 365. The lowest BCUT2D eigenvalue weighted by Crippen LogP contribution is -2.46. The van der Waals surface area contributed by atoms with Crippen LogP contribution >= 0.6 is 0 Å². The molecular formula is C17H27NO. The largest absolute Gasteiger partial charge is 0.391 e. The van der Waals surface area contributed by atoms with E-state index in [1.165, 1.54) is 18.4 Å². The number of aliphatic hydroxyl groups is 1. The van der Waals surface area contributed by atoms with E-state index in [0.29, 0.717) is 12.1 Å². The van der Waals surface area contributed by atoms with Crippen LogP contribution in [0.1, 0.15) is 57.6 Å². The Balaban J connectivity index is 2.14. The van der Waals surface area contributed by atoms with Crippen LogP contribution < -0.4 is 0 Å². The van der Waals surface area contributed by atoms with Gasteiger partial charge in [-0.3, -0.25) is 4.90 Å². The van der Waals surface area contributed by atoms with Crippen molar-refractivity contribution >= 4 is 0 Å². The summed E-state index contributed by atoms with van der Waals surface area (Å²) >= 11 is 0. The van der Waals surface area contributed by atoms with Crippen LogP contribution in [0.25, 0.3) is 0 Å². The lowest BCUT2D eigenvalue weighted by molar-refractivity contribution is 0.000932. The fourth-order valence-electron chi connectivity index (χ4n) is 3.31. The van der Waals surface area contributed by atoms with E-state index >= 15 is 0 Å². The maximum atomic E-state index is 10.3. The van der Waals surface area contributed by atoms with E-state index in [1.54, 1.807) is 0 Å². The minimum Gasteiger partial charge on any atom is -0.391 e. The van der Waals surface area contributed by atoms with E-state index < -0.39 is 0 Å². The first-order chi connectivity index (χ1) is 9.24. The average Bonchev–Trinajstić information content (AvgIpc) is 2.46. The summed E-state index contributed by atoms with van der Waals surface area (Å²) in [5, 5.41) is 10.3. The number of hydrogen-bond acceptors (Lipinski definition) is 2. The van der Waals surface area contributed by atoms with Gasteiger partial charge in [0.2, 0.25) is 0 Å². The molecule has 0 amide bonds. The van der Waals surface area contributed by atoms with Gasteiger partial charge in [0.15, 0.2) is 0 Å². The van der Waals surface area contributed by atoms with Gasteiger partial charge in [0, 0.05) is 12.1 Å². The molecule has 1 aromatic rings. The van der Waals surface area contributed by atoms with Gasteiger partial charge >= 0.3 is 0 Å². The second-order valence-electron chi connectivity index (χ2n) is 5.74. The van der Waals surface area contributed by atoms with Crippen LogP contribution in [0, 0.1) is 0 Å². The highest BCUT2D eigenvalue weighted by Crippen LogP contribution is 2.30. The van der Waals surface area contributed by atoms with E-state index in [0.717, 1.165) is 25.8 Å². The van der Waals surface area contributed by atoms with Crippen LogP contribution in [0.3, 0.4) is 0 Å². The molecular weight excluding hydrogens is 234 g/mol. The predicted octanol–water partition coefficient (Wildman–Crippen LogP) is 3.76. The minimum absolute atomic E-state index is 0.147. The van der Waals surface area contributed by atoms with Crippen molar-refractivity contribution in [2.24, 2.45) is 0 Å². The van der Waals surface area contributed by atoms with Crippen molar-refractivity contribution in [3.63, 3.8) is 0 Å². The molecule has 1 N–H and O–H groups in total. The summed E-state index contributed by atoms with van der Waals surface area (Å²) in [6.45, 7) is 5.56. The van der Waals surface area contributed by atoms with Crippen molar-refractivity contribution in [1.82, 2.24) is 4.90 Å². The quantitative estimate of drug-likeness (QED) is 0.872. The molecule has 0 aromatic heterocycles. The van der Waals surface area contributed by atoms with Gasteiger partial charge in [-0.1, -0.05) is 50.1 Å². The van der Waals surface area contributed by atoms with Crippen molar-refractivity contribution in [3.8, 4) is 0 Å². The highest BCUT2D eigenvalue weighted by atomic mass is 16.3. The Morgan fingerprint density at radius 1 is 1.21 bits per heavy atom. The summed E-state index contributed by atoms with van der Waals surface area (Å²) in [5.74, 6) is 0. The van der Waals surface area contributed by atoms with Crippen molar-refractivity contribution in [2.45, 2.75) is 64.1 Å². The highest BCUT2D eigenvalue weighted by molar-refractivity contribution is 5.18. The molecule has 0 bridgehead atoms. The summed E-state index contributed by atoms with van der Waals surface area (Å²) in [7, 11) is 0. The van der Waals surface area contributed by atoms with Crippen LogP contribution in [0.4, 0.5) is 0 Å². The molecule has 2 nitrogen and oxygen atoms in total. The first-order valence-electron chi connectivity index (χ1n) is 7.72. The fraction of sp³-hybridized carbons (Fsp3) is 0.647. The van der Waals surface area contributed by atoms with Gasteiger partial charge in [0.05, 0.1) is 6.10 Å². The summed E-state index contributed by atoms with van der Waals surface area (Å²) in [6.07, 6.45) is 5.53. The molecule has 2 rings (SSSR count). The normalized spacial score (nSPS) is 25.5. The number of nitrogens with zero attached hydrogens (tertiary/aromatic N) is 1. The van der Waals surface area contributed by atoms with Gasteiger partial charge < -0.3 is 5.11 Å². The molecule has 19 heavy (non-hydrogen) atoms. The molecule has 2 heteroatoms. The van der Waals surface area contributed by atoms with Gasteiger partial charge in [0.1, 0.15) is 0 Å². The molecule has 0 radical (unpaired) electrons. The summed E-state index contributed by atoms with van der Waals surface area (Å²) in [6, 6.07) is 11.4. The maximum absolute atomic E-state index is 10.3. The Hall–Kier alpha value is -0.860. The molecule has 1 aromatic carbocycles. The predicted molar refractivity (Wildman–Crippen MR) is 80.1 cm³/mol. The molecule has 1 aliphatic carbocycles. The van der Waals surface area contributed by atoms with Gasteiger partial charge in [0.25, 0.3) is 0 Å². The van der Waals surface area contributed by atoms with E-state index in [4.69, 9.17) is 0 Å². The molecule has 0 unspecified atom stereocenters. The molecule has 0 saturated heterocycles. The summed E-state index contributed by atoms with van der Waals surface area (Å²) in [4.78, 5) is 2.51. The van der Waals surface area contributed by atoms with Crippen molar-refractivity contribution in [2.75, 3.05) is 6.54 Å². The summed E-state index contributed by atoms with van der Waals surface area (Å²) < 4.78 is 0. The highest BCUT2D eigenvalue weighted by Gasteiger charge is 2.31. The van der Waals surface area contributed by atoms with E-state index in [-0.39, 0.29) is 6.10 Å². The number of rotatable bonds is 5. The van der Waals surface area contributed by atoms with Crippen molar-refractivity contribution in [3.05, 3.63) is 35.9 Å². The lowest BCUT2D eigenvalue weighted by atomic mass is 9.89. The zero-order valence-electron chi connectivity index (χ0n) is 12.3. The van der Waals surface area contributed by atoms with E-state index in [9.17, 15) is 5.11 Å². The van der Waals surface area contributed by atoms with E-state index in [2.05, 4.69) is 49.1 Å². The molecule has 3 atom stereocenters. The molecule has 0 heterocycles. The average molecular weight is 261 g/mol. The van der Waals surface area contributed by atoms with Crippen LogP contribution in [0.5, 0.6) is 0 Å². The van der Waals surface area contributed by atoms with Gasteiger partial charge in [-0.15, -0.1) is 0 Å². The molecule has 0 spiro atoms. The minimum atomic E-state index is -0.147. The van der Waals surface area contributed by atoms with Gasteiger partial charge in [-0.05, 0) is 38.3 Å². The van der Waals surface area contributed by atoms with Gasteiger partial charge in [-0.2, -0.15) is 0 Å². The number of hydrogen-bond donors (Lipinski definition) is 1. The SMILES string of the molecule is CCCN([C@@H](C)c1ccccc1)[C@H]1CCCC[C@@H]1O. The van der Waals surface area contributed by atoms with Crippen LogP contribution in [0.2, 0.25) is 0 Å². The zero-order valence-corrected chi connectivity index (χ0v) is 12.3. The van der Waals surface area contributed by atoms with Crippen molar-refractivity contribution < 1.29 is 5.11 Å². The van der Waals surface area contributed by atoms with Crippen LogP contribution in [0.15, 0.2) is 30.3 Å². The van der Waals surface area contributed by atoms with Crippen LogP contribution in [-0.4, -0.2) is 28.7 Å². The standard InChI is InChI=1S/C17H27NO/c1-3-13-18(16-11-7-8-12-17(16)19)14(2)15-9-5-4-6-10-15/h4-6,9-10,14,16-17,19H,3,7-8,11-13H2,1-2H3/t14-,16-,17-/m0/s1. The molecule has 1 fully saturated rings. The third-order valence-electron chi connectivity index (χ3n) is 4.38. The van der Waals surface area contributed by atoms with Crippen molar-refractivity contribution in [1.29, 1.82) is 0 Å². The zero-order chi connectivity index (χ0) is 13.7. The monoisotopic (exact) mass is 261 g/mol. The number of aliphatic hydroxyl groups excluding tert-OH is 1. The topological polar surface area (TPSA) is 23.5 Å². The second-order valence-corrected chi connectivity index (χ2v) is 5.74. The molecule has 1 saturated carbocycles. The second kappa shape index (κ2) is 7.06. The third-order valence-corrected chi connectivity index (χ3v) is 4.38. The molecule has 0 aliphatic heterocycles. The van der Waals surface area contributed by atoms with Crippen LogP contribution in [-0.2, 0) is 0 Å². The molecule has 106 valence electrons. The Kier molecular flexibility index (Phi) is 5.41. The van der Waals surface area contributed by atoms with E-state index in [1.807, 2.05) is 0 Å². The third kappa shape index (κ3) is 3.58. The first-order valence-corrected chi connectivity index (χ1v) is 7.72. The maximum Gasteiger partial charge on any atom is 0.0695 e. The molecule has 1 aliphatic rings. The lowest BCUT2D eigenvalue weighted by Gasteiger charge is -2.41. The number of benzene rings is 1. The Morgan fingerprint density at radius 2 is 1.89 bits per heavy atom. The Morgan fingerprint density at radius 3 is 2.53 bits per heavy atom. The smallest absolute Gasteiger partial charge is 0.0695 e.